The molecule has 0 saturated carbocycles. The van der Waals surface area contributed by atoms with Gasteiger partial charge in [0.15, 0.2) is 0 Å². The van der Waals surface area contributed by atoms with Crippen LogP contribution < -0.4 is 11.1 Å². The molecule has 1 amide bonds. The molecule has 1 unspecified atom stereocenters. The molecule has 0 fully saturated rings. The van der Waals surface area contributed by atoms with E-state index in [1.807, 2.05) is 11.4 Å². The van der Waals surface area contributed by atoms with Crippen molar-refractivity contribution in [3.63, 3.8) is 0 Å². The first-order valence-electron chi connectivity index (χ1n) is 6.19. The van der Waals surface area contributed by atoms with E-state index in [1.54, 1.807) is 11.3 Å². The van der Waals surface area contributed by atoms with Gasteiger partial charge in [-0.05, 0) is 18.9 Å². The Balaban J connectivity index is 2.46. The quantitative estimate of drug-likeness (QED) is 0.786. The fraction of sp³-hybridized carbons (Fsp3) is 0.615. The summed E-state index contributed by atoms with van der Waals surface area (Å²) in [6.07, 6.45) is 2.39. The predicted molar refractivity (Wildman–Crippen MR) is 73.2 cm³/mol. The molecule has 3 nitrogen and oxygen atoms in total. The lowest BCUT2D eigenvalue weighted by atomic mass is 9.95. The van der Waals surface area contributed by atoms with Crippen molar-refractivity contribution < 1.29 is 4.79 Å². The summed E-state index contributed by atoms with van der Waals surface area (Å²) in [6, 6.07) is 2.38. The summed E-state index contributed by atoms with van der Waals surface area (Å²) in [5.74, 6) is 0.367. The summed E-state index contributed by atoms with van der Waals surface area (Å²) in [7, 11) is 0. The first-order chi connectivity index (χ1) is 8.08. The Hall–Kier alpha value is -0.870. The molecule has 0 saturated heterocycles. The number of nitrogens with two attached hydrogens (primary N) is 1. The van der Waals surface area contributed by atoms with E-state index in [1.165, 1.54) is 12.8 Å². The maximum atomic E-state index is 11.0. The summed E-state index contributed by atoms with van der Waals surface area (Å²) >= 11 is 1.58. The first-order valence-corrected chi connectivity index (χ1v) is 7.07. The first kappa shape index (κ1) is 14.2. The fourth-order valence-electron chi connectivity index (χ4n) is 2.03. The molecule has 1 aromatic rings. The van der Waals surface area contributed by atoms with Crippen molar-refractivity contribution in [1.29, 1.82) is 0 Å². The topological polar surface area (TPSA) is 55.1 Å². The Labute approximate surface area is 107 Å². The van der Waals surface area contributed by atoms with Crippen molar-refractivity contribution in [2.45, 2.75) is 46.2 Å². The third-order valence-corrected chi connectivity index (χ3v) is 4.23. The van der Waals surface area contributed by atoms with Crippen LogP contribution in [0.4, 0.5) is 0 Å². The third kappa shape index (κ3) is 4.13. The minimum Gasteiger partial charge on any atom is -0.366 e. The fourth-order valence-corrected chi connectivity index (χ4v) is 2.85. The van der Waals surface area contributed by atoms with Gasteiger partial charge in [0.2, 0.25) is 5.91 Å². The highest BCUT2D eigenvalue weighted by Crippen LogP contribution is 2.16. The van der Waals surface area contributed by atoms with Crippen LogP contribution in [0.2, 0.25) is 0 Å². The molecule has 96 valence electrons. The van der Waals surface area contributed by atoms with E-state index in [0.717, 1.165) is 11.4 Å². The molecule has 1 heterocycles. The highest BCUT2D eigenvalue weighted by molar-refractivity contribution is 7.10. The lowest BCUT2D eigenvalue weighted by molar-refractivity contribution is 0.100. The largest absolute Gasteiger partial charge is 0.366 e. The van der Waals surface area contributed by atoms with Crippen molar-refractivity contribution in [3.8, 4) is 0 Å². The summed E-state index contributed by atoms with van der Waals surface area (Å²) in [5.41, 5.74) is 5.83. The molecule has 0 radical (unpaired) electrons. The Morgan fingerprint density at radius 2 is 2.12 bits per heavy atom. The van der Waals surface area contributed by atoms with Gasteiger partial charge in [-0.3, -0.25) is 4.79 Å². The number of nitrogens with one attached hydrogen (secondary N) is 1. The van der Waals surface area contributed by atoms with Crippen molar-refractivity contribution >= 4 is 17.2 Å². The standard InChI is InChI=1S/C13H22N2OS/c1-4-10(5-2)9(3)15-7-12-6-11(8-17-12)13(14)16/h6,8-10,15H,4-5,7H2,1-3H3,(H2,14,16). The minimum atomic E-state index is -0.347. The minimum absolute atomic E-state index is 0.347. The van der Waals surface area contributed by atoms with Crippen LogP contribution in [0.5, 0.6) is 0 Å². The Bertz CT molecular complexity index is 358. The Kier molecular flexibility index (Phi) is 5.65. The van der Waals surface area contributed by atoms with Crippen LogP contribution in [0.3, 0.4) is 0 Å². The second-order valence-corrected chi connectivity index (χ2v) is 5.41. The van der Waals surface area contributed by atoms with Crippen LogP contribution in [0, 0.1) is 5.92 Å². The Morgan fingerprint density at radius 1 is 1.47 bits per heavy atom. The van der Waals surface area contributed by atoms with Crippen molar-refractivity contribution in [1.82, 2.24) is 5.32 Å². The van der Waals surface area contributed by atoms with E-state index in [0.29, 0.717) is 17.5 Å². The smallest absolute Gasteiger partial charge is 0.249 e. The zero-order chi connectivity index (χ0) is 12.8. The molecule has 0 aromatic carbocycles. The second-order valence-electron chi connectivity index (χ2n) is 4.41. The van der Waals surface area contributed by atoms with E-state index < -0.39 is 0 Å². The average Bonchev–Trinajstić information content (AvgIpc) is 2.76. The molecule has 3 N–H and O–H groups in total. The third-order valence-electron chi connectivity index (χ3n) is 3.29. The lowest BCUT2D eigenvalue weighted by Gasteiger charge is -2.22. The lowest BCUT2D eigenvalue weighted by Crippen LogP contribution is -2.32. The van der Waals surface area contributed by atoms with Gasteiger partial charge < -0.3 is 11.1 Å². The van der Waals surface area contributed by atoms with Crippen LogP contribution in [0.25, 0.3) is 0 Å². The number of hydrogen-bond acceptors (Lipinski definition) is 3. The second kappa shape index (κ2) is 6.77. The molecule has 0 aliphatic carbocycles. The van der Waals surface area contributed by atoms with Crippen molar-refractivity contribution in [2.75, 3.05) is 0 Å². The number of carbonyl (C=O) groups excluding carboxylic acids is 1. The van der Waals surface area contributed by atoms with Crippen LogP contribution >= 0.6 is 11.3 Å². The van der Waals surface area contributed by atoms with Crippen molar-refractivity contribution in [3.05, 3.63) is 21.9 Å². The molecule has 0 aliphatic heterocycles. The Morgan fingerprint density at radius 3 is 2.59 bits per heavy atom. The molecule has 17 heavy (non-hydrogen) atoms. The zero-order valence-corrected chi connectivity index (χ0v) is 11.6. The molecule has 0 aliphatic rings. The molecule has 1 aromatic heterocycles. The monoisotopic (exact) mass is 254 g/mol. The van der Waals surface area contributed by atoms with Gasteiger partial charge in [0.1, 0.15) is 0 Å². The van der Waals surface area contributed by atoms with E-state index in [2.05, 4.69) is 26.1 Å². The molecule has 1 rings (SSSR count). The van der Waals surface area contributed by atoms with E-state index in [9.17, 15) is 4.79 Å². The zero-order valence-electron chi connectivity index (χ0n) is 10.8. The van der Waals surface area contributed by atoms with Gasteiger partial charge in [0.05, 0.1) is 5.56 Å². The number of primary amides is 1. The van der Waals surface area contributed by atoms with Gasteiger partial charge in [-0.25, -0.2) is 0 Å². The van der Waals surface area contributed by atoms with Gasteiger partial charge in [0.25, 0.3) is 0 Å². The molecular weight excluding hydrogens is 232 g/mol. The molecule has 0 bridgehead atoms. The number of rotatable bonds is 7. The summed E-state index contributed by atoms with van der Waals surface area (Å²) < 4.78 is 0. The summed E-state index contributed by atoms with van der Waals surface area (Å²) in [6.45, 7) is 7.49. The predicted octanol–water partition coefficient (Wildman–Crippen LogP) is 2.76. The van der Waals surface area contributed by atoms with Crippen LogP contribution in [0.1, 0.15) is 48.8 Å². The van der Waals surface area contributed by atoms with Crippen LogP contribution in [0.15, 0.2) is 11.4 Å². The maximum absolute atomic E-state index is 11.0. The SMILES string of the molecule is CCC(CC)C(C)NCc1cc(C(N)=O)cs1. The van der Waals surface area contributed by atoms with Gasteiger partial charge in [-0.2, -0.15) is 0 Å². The van der Waals surface area contributed by atoms with Crippen molar-refractivity contribution in [2.24, 2.45) is 11.7 Å². The molecule has 4 heteroatoms. The number of thiophene rings is 1. The highest BCUT2D eigenvalue weighted by atomic mass is 32.1. The average molecular weight is 254 g/mol. The highest BCUT2D eigenvalue weighted by Gasteiger charge is 2.13. The normalized spacial score (nSPS) is 12.9. The van der Waals surface area contributed by atoms with Crippen LogP contribution in [-0.2, 0) is 6.54 Å². The molecule has 1 atom stereocenters. The number of amides is 1. The van der Waals surface area contributed by atoms with E-state index in [-0.39, 0.29) is 5.91 Å². The molecular formula is C13H22N2OS. The number of carbonyl (C=O) groups is 1. The molecule has 0 spiro atoms. The number of hydrogen-bond donors (Lipinski definition) is 2. The van der Waals surface area contributed by atoms with Gasteiger partial charge in [0, 0.05) is 22.8 Å². The maximum Gasteiger partial charge on any atom is 0.249 e. The summed E-state index contributed by atoms with van der Waals surface area (Å²) in [4.78, 5) is 12.1. The van der Waals surface area contributed by atoms with E-state index >= 15 is 0 Å². The van der Waals surface area contributed by atoms with Gasteiger partial charge in [-0.1, -0.05) is 26.7 Å². The van der Waals surface area contributed by atoms with E-state index in [4.69, 9.17) is 5.73 Å². The van der Waals surface area contributed by atoms with Gasteiger partial charge >= 0.3 is 0 Å². The van der Waals surface area contributed by atoms with Crippen LogP contribution in [-0.4, -0.2) is 11.9 Å². The van der Waals surface area contributed by atoms with Gasteiger partial charge in [-0.15, -0.1) is 11.3 Å². The summed E-state index contributed by atoms with van der Waals surface area (Å²) in [5, 5.41) is 5.33.